The van der Waals surface area contributed by atoms with Gasteiger partial charge in [0.05, 0.1) is 5.60 Å². The van der Waals surface area contributed by atoms with Crippen molar-refractivity contribution in [2.75, 3.05) is 13.6 Å². The fourth-order valence-electron chi connectivity index (χ4n) is 4.48. The number of para-hydroxylation sites is 1. The molecule has 0 bridgehead atoms. The first-order valence-corrected chi connectivity index (χ1v) is 9.41. The van der Waals surface area contributed by atoms with Crippen LogP contribution in [0.15, 0.2) is 48.5 Å². The van der Waals surface area contributed by atoms with Gasteiger partial charge in [0.15, 0.2) is 0 Å². The highest BCUT2D eigenvalue weighted by molar-refractivity contribution is 5.42. The van der Waals surface area contributed by atoms with E-state index in [0.717, 1.165) is 50.3 Å². The zero-order valence-electron chi connectivity index (χ0n) is 14.9. The predicted octanol–water partition coefficient (Wildman–Crippen LogP) is 4.70. The van der Waals surface area contributed by atoms with Gasteiger partial charge in [0.2, 0.25) is 0 Å². The van der Waals surface area contributed by atoms with Crippen LogP contribution in [0.1, 0.15) is 49.1 Å². The molecular weight excluding hydrogens is 310 g/mol. The number of nitrogens with zero attached hydrogens (tertiary/aromatic N) is 1. The summed E-state index contributed by atoms with van der Waals surface area (Å²) >= 11 is 0. The third-order valence-corrected chi connectivity index (χ3v) is 5.77. The average Bonchev–Trinajstić information content (AvgIpc) is 2.62. The molecule has 0 radical (unpaired) electrons. The van der Waals surface area contributed by atoms with Crippen molar-refractivity contribution in [1.82, 2.24) is 4.90 Å². The van der Waals surface area contributed by atoms with Crippen LogP contribution in [0.25, 0.3) is 0 Å². The molecule has 4 rings (SSSR count). The Morgan fingerprint density at radius 3 is 2.52 bits per heavy atom. The van der Waals surface area contributed by atoms with Crippen LogP contribution in [0.4, 0.5) is 0 Å². The molecule has 1 N–H and O–H groups in total. The minimum atomic E-state index is -0.552. The second kappa shape index (κ2) is 6.81. The number of fused-ring (bicyclic) bond motifs is 1. The number of ether oxygens (including phenoxy) is 1. The molecule has 3 heteroatoms. The zero-order valence-corrected chi connectivity index (χ0v) is 14.9. The number of hydrogen-bond acceptors (Lipinski definition) is 3. The average molecular weight is 337 g/mol. The topological polar surface area (TPSA) is 32.7 Å². The highest BCUT2D eigenvalue weighted by atomic mass is 16.5. The van der Waals surface area contributed by atoms with Gasteiger partial charge < -0.3 is 14.7 Å². The van der Waals surface area contributed by atoms with Crippen molar-refractivity contribution in [3.8, 4) is 11.5 Å². The molecule has 0 saturated heterocycles. The SMILES string of the molecule is CN1Cc2cc(Oc3ccccc3)ccc2C(C2(O)CCCCC2)C1. The first-order chi connectivity index (χ1) is 12.1. The molecule has 1 unspecified atom stereocenters. The molecule has 1 heterocycles. The van der Waals surface area contributed by atoms with Crippen molar-refractivity contribution < 1.29 is 9.84 Å². The van der Waals surface area contributed by atoms with E-state index >= 15 is 0 Å². The zero-order chi connectivity index (χ0) is 17.3. The predicted molar refractivity (Wildman–Crippen MR) is 100 cm³/mol. The molecule has 2 aliphatic rings. The lowest BCUT2D eigenvalue weighted by Gasteiger charge is -2.44. The van der Waals surface area contributed by atoms with E-state index in [1.54, 1.807) is 0 Å². The summed E-state index contributed by atoms with van der Waals surface area (Å²) in [6, 6.07) is 16.3. The largest absolute Gasteiger partial charge is 0.457 e. The highest BCUT2D eigenvalue weighted by Gasteiger charge is 2.41. The molecule has 1 saturated carbocycles. The van der Waals surface area contributed by atoms with E-state index in [-0.39, 0.29) is 5.92 Å². The molecule has 0 spiro atoms. The van der Waals surface area contributed by atoms with Crippen LogP contribution in [0.2, 0.25) is 0 Å². The van der Waals surface area contributed by atoms with Gasteiger partial charge in [0.25, 0.3) is 0 Å². The summed E-state index contributed by atoms with van der Waals surface area (Å²) in [5.74, 6) is 1.93. The Kier molecular flexibility index (Phi) is 4.53. The van der Waals surface area contributed by atoms with Crippen LogP contribution in [0.5, 0.6) is 11.5 Å². The molecule has 0 amide bonds. The van der Waals surface area contributed by atoms with Gasteiger partial charge >= 0.3 is 0 Å². The van der Waals surface area contributed by atoms with Gasteiger partial charge in [0.1, 0.15) is 11.5 Å². The maximum absolute atomic E-state index is 11.3. The molecule has 25 heavy (non-hydrogen) atoms. The molecule has 1 atom stereocenters. The Morgan fingerprint density at radius 1 is 1.00 bits per heavy atom. The Bertz CT molecular complexity index is 722. The number of aliphatic hydroxyl groups is 1. The molecule has 3 nitrogen and oxygen atoms in total. The van der Waals surface area contributed by atoms with Gasteiger partial charge in [-0.05, 0) is 55.3 Å². The van der Waals surface area contributed by atoms with Crippen molar-refractivity contribution >= 4 is 0 Å². The lowest BCUT2D eigenvalue weighted by atomic mass is 9.70. The monoisotopic (exact) mass is 337 g/mol. The molecule has 1 aliphatic heterocycles. The number of hydrogen-bond donors (Lipinski definition) is 1. The third-order valence-electron chi connectivity index (χ3n) is 5.77. The maximum Gasteiger partial charge on any atom is 0.127 e. The van der Waals surface area contributed by atoms with E-state index in [2.05, 4.69) is 30.1 Å². The lowest BCUT2D eigenvalue weighted by Crippen LogP contribution is -2.46. The second-order valence-electron chi connectivity index (χ2n) is 7.69. The van der Waals surface area contributed by atoms with Gasteiger partial charge in [-0.2, -0.15) is 0 Å². The second-order valence-corrected chi connectivity index (χ2v) is 7.69. The number of rotatable bonds is 3. The van der Waals surface area contributed by atoms with Crippen LogP contribution < -0.4 is 4.74 Å². The van der Waals surface area contributed by atoms with Crippen LogP contribution in [-0.4, -0.2) is 29.2 Å². The molecule has 1 aliphatic carbocycles. The van der Waals surface area contributed by atoms with Crippen molar-refractivity contribution in [3.05, 3.63) is 59.7 Å². The number of benzene rings is 2. The van der Waals surface area contributed by atoms with Crippen molar-refractivity contribution in [1.29, 1.82) is 0 Å². The normalized spacial score (nSPS) is 23.0. The standard InChI is InChI=1S/C22H27NO2/c1-23-15-17-14-19(25-18-8-4-2-5-9-18)10-11-20(17)21(16-23)22(24)12-6-3-7-13-22/h2,4-5,8-11,14,21,24H,3,6-7,12-13,15-16H2,1H3. The minimum absolute atomic E-state index is 0.201. The van der Waals surface area contributed by atoms with Crippen molar-refractivity contribution in [2.45, 2.75) is 50.2 Å². The van der Waals surface area contributed by atoms with Crippen LogP contribution >= 0.6 is 0 Å². The molecule has 132 valence electrons. The van der Waals surface area contributed by atoms with Crippen LogP contribution in [-0.2, 0) is 6.54 Å². The first-order valence-electron chi connectivity index (χ1n) is 9.41. The van der Waals surface area contributed by atoms with Crippen molar-refractivity contribution in [3.63, 3.8) is 0 Å². The van der Waals surface area contributed by atoms with Crippen LogP contribution in [0.3, 0.4) is 0 Å². The van der Waals surface area contributed by atoms with Gasteiger partial charge in [-0.1, -0.05) is 43.5 Å². The summed E-state index contributed by atoms with van der Waals surface area (Å²) < 4.78 is 6.00. The summed E-state index contributed by atoms with van der Waals surface area (Å²) in [5, 5.41) is 11.3. The molecular formula is C22H27NO2. The Hall–Kier alpha value is -1.84. The third kappa shape index (κ3) is 3.44. The summed E-state index contributed by atoms with van der Waals surface area (Å²) in [6.45, 7) is 1.84. The fraction of sp³-hybridized carbons (Fsp3) is 0.455. The Morgan fingerprint density at radius 2 is 1.76 bits per heavy atom. The van der Waals surface area contributed by atoms with E-state index in [9.17, 15) is 5.11 Å². The van der Waals surface area contributed by atoms with E-state index in [4.69, 9.17) is 4.74 Å². The van der Waals surface area contributed by atoms with E-state index in [0.29, 0.717) is 0 Å². The molecule has 1 fully saturated rings. The van der Waals surface area contributed by atoms with Gasteiger partial charge in [-0.15, -0.1) is 0 Å². The first kappa shape index (κ1) is 16.6. The summed E-state index contributed by atoms with van der Waals surface area (Å²) in [6.07, 6.45) is 5.38. The molecule has 2 aromatic carbocycles. The van der Waals surface area contributed by atoms with E-state index in [1.807, 2.05) is 30.3 Å². The highest BCUT2D eigenvalue weighted by Crippen LogP contribution is 2.44. The Balaban J connectivity index is 1.63. The van der Waals surface area contributed by atoms with Gasteiger partial charge in [-0.25, -0.2) is 0 Å². The summed E-state index contributed by atoms with van der Waals surface area (Å²) in [5.41, 5.74) is 2.04. The van der Waals surface area contributed by atoms with Gasteiger partial charge in [0, 0.05) is 19.0 Å². The summed E-state index contributed by atoms with van der Waals surface area (Å²) in [4.78, 5) is 2.33. The van der Waals surface area contributed by atoms with E-state index in [1.165, 1.54) is 17.5 Å². The molecule has 0 aromatic heterocycles. The Labute approximate surface area is 150 Å². The maximum atomic E-state index is 11.3. The van der Waals surface area contributed by atoms with Crippen LogP contribution in [0, 0.1) is 0 Å². The summed E-state index contributed by atoms with van der Waals surface area (Å²) in [7, 11) is 2.15. The van der Waals surface area contributed by atoms with E-state index < -0.39 is 5.60 Å². The lowest BCUT2D eigenvalue weighted by molar-refractivity contribution is -0.0333. The number of likely N-dealkylation sites (N-methyl/N-ethyl adjacent to an activating group) is 1. The smallest absolute Gasteiger partial charge is 0.127 e. The fourth-order valence-corrected chi connectivity index (χ4v) is 4.48. The molecule has 2 aromatic rings. The minimum Gasteiger partial charge on any atom is -0.457 e. The van der Waals surface area contributed by atoms with Crippen molar-refractivity contribution in [2.24, 2.45) is 0 Å². The van der Waals surface area contributed by atoms with Gasteiger partial charge in [-0.3, -0.25) is 0 Å². The quantitative estimate of drug-likeness (QED) is 0.881.